The smallest absolute Gasteiger partial charge is 0.308 e. The quantitative estimate of drug-likeness (QED) is 0.400. The zero-order chi connectivity index (χ0) is 13.3. The minimum absolute atomic E-state index is 0.0367. The first-order chi connectivity index (χ1) is 8.52. The van der Waals surface area contributed by atoms with E-state index in [0.29, 0.717) is 0 Å². The summed E-state index contributed by atoms with van der Waals surface area (Å²) in [6.45, 7) is -0.473. The van der Waals surface area contributed by atoms with Crippen LogP contribution in [0.4, 0.5) is 0 Å². The number of esters is 1. The molecule has 4 N–H and O–H groups in total. The Morgan fingerprint density at radius 3 is 2.50 bits per heavy atom. The molecular formula is C10H16O8. The summed E-state index contributed by atoms with van der Waals surface area (Å²) < 4.78 is 15.1. The lowest BCUT2D eigenvalue weighted by atomic mass is 9.99. The fourth-order valence-corrected chi connectivity index (χ4v) is 1.95. The lowest BCUT2D eigenvalue weighted by Crippen LogP contribution is -2.59. The molecule has 2 aliphatic rings. The summed E-state index contributed by atoms with van der Waals surface area (Å²) >= 11 is 0. The van der Waals surface area contributed by atoms with E-state index in [1.54, 1.807) is 0 Å². The molecule has 2 saturated heterocycles. The van der Waals surface area contributed by atoms with Crippen molar-refractivity contribution in [3.05, 3.63) is 0 Å². The molecule has 2 fully saturated rings. The molecule has 6 atom stereocenters. The van der Waals surface area contributed by atoms with Gasteiger partial charge in [-0.05, 0) is 0 Å². The highest BCUT2D eigenvalue weighted by molar-refractivity contribution is 5.71. The summed E-state index contributed by atoms with van der Waals surface area (Å²) in [5.41, 5.74) is 0. The molecule has 8 heteroatoms. The summed E-state index contributed by atoms with van der Waals surface area (Å²) in [6.07, 6.45) is -7.15. The van der Waals surface area contributed by atoms with Crippen LogP contribution in [0.1, 0.15) is 6.42 Å². The Morgan fingerprint density at radius 1 is 1.22 bits per heavy atom. The Bertz CT molecular complexity index is 306. The number of cyclic esters (lactones) is 1. The predicted molar refractivity (Wildman–Crippen MR) is 54.2 cm³/mol. The first-order valence-electron chi connectivity index (χ1n) is 5.64. The van der Waals surface area contributed by atoms with E-state index in [2.05, 4.69) is 4.74 Å². The van der Waals surface area contributed by atoms with Crippen LogP contribution in [0.2, 0.25) is 0 Å². The lowest BCUT2D eigenvalue weighted by Gasteiger charge is -2.40. The molecule has 0 amide bonds. The van der Waals surface area contributed by atoms with E-state index < -0.39 is 49.4 Å². The van der Waals surface area contributed by atoms with E-state index in [4.69, 9.17) is 14.6 Å². The number of hydrogen-bond donors (Lipinski definition) is 4. The fraction of sp³-hybridized carbons (Fsp3) is 0.900. The van der Waals surface area contributed by atoms with Gasteiger partial charge in [0.2, 0.25) is 0 Å². The second-order valence-electron chi connectivity index (χ2n) is 4.34. The average Bonchev–Trinajstić information content (AvgIpc) is 2.75. The Morgan fingerprint density at radius 2 is 1.94 bits per heavy atom. The van der Waals surface area contributed by atoms with E-state index in [-0.39, 0.29) is 13.0 Å². The van der Waals surface area contributed by atoms with E-state index in [1.165, 1.54) is 0 Å². The Kier molecular flexibility index (Phi) is 4.15. The van der Waals surface area contributed by atoms with Gasteiger partial charge in [0.1, 0.15) is 37.1 Å². The maximum absolute atomic E-state index is 10.9. The van der Waals surface area contributed by atoms with Gasteiger partial charge < -0.3 is 34.6 Å². The molecule has 0 radical (unpaired) electrons. The molecule has 0 saturated carbocycles. The van der Waals surface area contributed by atoms with Crippen LogP contribution in [0.5, 0.6) is 0 Å². The third-order valence-electron chi connectivity index (χ3n) is 3.00. The molecular weight excluding hydrogens is 248 g/mol. The van der Waals surface area contributed by atoms with Gasteiger partial charge in [0.25, 0.3) is 0 Å². The van der Waals surface area contributed by atoms with Crippen molar-refractivity contribution in [2.45, 2.75) is 43.2 Å². The highest BCUT2D eigenvalue weighted by Crippen LogP contribution is 2.24. The molecule has 2 rings (SSSR count). The van der Waals surface area contributed by atoms with Crippen LogP contribution in [0.3, 0.4) is 0 Å². The van der Waals surface area contributed by atoms with Crippen molar-refractivity contribution in [1.82, 2.24) is 0 Å². The summed E-state index contributed by atoms with van der Waals surface area (Å²) in [5, 5.41) is 37.7. The summed E-state index contributed by atoms with van der Waals surface area (Å²) in [6, 6.07) is 0. The zero-order valence-corrected chi connectivity index (χ0v) is 9.51. The van der Waals surface area contributed by atoms with Gasteiger partial charge >= 0.3 is 5.97 Å². The molecule has 0 aromatic heterocycles. The largest absolute Gasteiger partial charge is 0.463 e. The number of aliphatic hydroxyl groups is 4. The summed E-state index contributed by atoms with van der Waals surface area (Å²) in [7, 11) is 0. The van der Waals surface area contributed by atoms with Crippen molar-refractivity contribution in [2.75, 3.05) is 13.2 Å². The van der Waals surface area contributed by atoms with Gasteiger partial charge in [-0.2, -0.15) is 0 Å². The fourth-order valence-electron chi connectivity index (χ4n) is 1.95. The minimum atomic E-state index is -1.49. The number of hydrogen-bond acceptors (Lipinski definition) is 8. The number of carbonyl (C=O) groups is 1. The molecule has 0 unspecified atom stereocenters. The highest BCUT2D eigenvalue weighted by Gasteiger charge is 2.45. The molecule has 0 aromatic rings. The van der Waals surface area contributed by atoms with Gasteiger partial charge in [0, 0.05) is 0 Å². The zero-order valence-electron chi connectivity index (χ0n) is 9.51. The van der Waals surface area contributed by atoms with Gasteiger partial charge in [-0.3, -0.25) is 4.79 Å². The number of rotatable bonds is 3. The monoisotopic (exact) mass is 264 g/mol. The van der Waals surface area contributed by atoms with Crippen LogP contribution >= 0.6 is 0 Å². The van der Waals surface area contributed by atoms with Crippen molar-refractivity contribution in [1.29, 1.82) is 0 Å². The normalized spacial score (nSPS) is 45.0. The van der Waals surface area contributed by atoms with Gasteiger partial charge in [0.15, 0.2) is 6.29 Å². The standard InChI is InChI=1S/C10H16O8/c11-2-5-7(13)8(14)9(15)10(18-5)17-4-1-6(12)16-3-4/h4-5,7-11,13-15H,1-3H2/t4-,5-,7-,8+,9-,10-/m1/s1. The van der Waals surface area contributed by atoms with E-state index in [0.717, 1.165) is 0 Å². The van der Waals surface area contributed by atoms with Crippen LogP contribution in [-0.4, -0.2) is 76.4 Å². The molecule has 18 heavy (non-hydrogen) atoms. The van der Waals surface area contributed by atoms with Crippen LogP contribution in [0.15, 0.2) is 0 Å². The molecule has 8 nitrogen and oxygen atoms in total. The predicted octanol–water partition coefficient (Wildman–Crippen LogP) is -2.88. The van der Waals surface area contributed by atoms with Gasteiger partial charge in [-0.25, -0.2) is 0 Å². The molecule has 2 aliphatic heterocycles. The Hall–Kier alpha value is -0.770. The van der Waals surface area contributed by atoms with Gasteiger partial charge in [-0.15, -0.1) is 0 Å². The third kappa shape index (κ3) is 2.63. The molecule has 2 heterocycles. The first kappa shape index (κ1) is 13.7. The Balaban J connectivity index is 1.96. The van der Waals surface area contributed by atoms with Crippen molar-refractivity contribution in [3.8, 4) is 0 Å². The number of aliphatic hydroxyl groups excluding tert-OH is 4. The number of ether oxygens (including phenoxy) is 3. The molecule has 0 aliphatic carbocycles. The van der Waals surface area contributed by atoms with Gasteiger partial charge in [0.05, 0.1) is 13.0 Å². The second-order valence-corrected chi connectivity index (χ2v) is 4.34. The minimum Gasteiger partial charge on any atom is -0.463 e. The maximum Gasteiger partial charge on any atom is 0.308 e. The van der Waals surface area contributed by atoms with Crippen molar-refractivity contribution < 1.29 is 39.4 Å². The molecule has 0 spiro atoms. The van der Waals surface area contributed by atoms with Crippen LogP contribution in [-0.2, 0) is 19.0 Å². The van der Waals surface area contributed by atoms with Crippen molar-refractivity contribution in [2.24, 2.45) is 0 Å². The SMILES string of the molecule is O=C1C[C@@H](O[C@@H]2O[C@H](CO)[C@@H](O)[C@H](O)[C@H]2O)CO1. The van der Waals surface area contributed by atoms with E-state index >= 15 is 0 Å². The average molecular weight is 264 g/mol. The highest BCUT2D eigenvalue weighted by atomic mass is 16.7. The molecule has 0 bridgehead atoms. The Labute approximate surface area is 103 Å². The molecule has 104 valence electrons. The van der Waals surface area contributed by atoms with Crippen molar-refractivity contribution >= 4 is 5.97 Å². The van der Waals surface area contributed by atoms with Gasteiger partial charge in [-0.1, -0.05) is 0 Å². The second kappa shape index (κ2) is 5.47. The first-order valence-corrected chi connectivity index (χ1v) is 5.64. The van der Waals surface area contributed by atoms with E-state index in [9.17, 15) is 20.1 Å². The number of carbonyl (C=O) groups excluding carboxylic acids is 1. The van der Waals surface area contributed by atoms with Crippen molar-refractivity contribution in [3.63, 3.8) is 0 Å². The maximum atomic E-state index is 10.9. The van der Waals surface area contributed by atoms with Crippen LogP contribution < -0.4 is 0 Å². The van der Waals surface area contributed by atoms with Crippen LogP contribution in [0.25, 0.3) is 0 Å². The topological polar surface area (TPSA) is 126 Å². The summed E-state index contributed by atoms with van der Waals surface area (Å²) in [4.78, 5) is 10.9. The summed E-state index contributed by atoms with van der Waals surface area (Å²) in [5.74, 6) is -0.412. The van der Waals surface area contributed by atoms with Crippen LogP contribution in [0, 0.1) is 0 Å². The molecule has 0 aromatic carbocycles. The lowest BCUT2D eigenvalue weighted by molar-refractivity contribution is -0.310. The van der Waals surface area contributed by atoms with E-state index in [1.807, 2.05) is 0 Å². The third-order valence-corrected chi connectivity index (χ3v) is 3.00.